The van der Waals surface area contributed by atoms with E-state index in [-0.39, 0.29) is 0 Å². The van der Waals surface area contributed by atoms with E-state index in [0.29, 0.717) is 6.04 Å². The summed E-state index contributed by atoms with van der Waals surface area (Å²) in [6.45, 7) is 5.18. The fourth-order valence-electron chi connectivity index (χ4n) is 2.14. The summed E-state index contributed by atoms with van der Waals surface area (Å²) < 4.78 is 1.87. The Balaban J connectivity index is 1.87. The van der Waals surface area contributed by atoms with Crippen molar-refractivity contribution in [3.8, 4) is 5.69 Å². The van der Waals surface area contributed by atoms with E-state index in [1.807, 2.05) is 28.9 Å². The highest BCUT2D eigenvalue weighted by Gasteiger charge is 2.05. The molecule has 0 aliphatic heterocycles. The summed E-state index contributed by atoms with van der Waals surface area (Å²) in [5, 5.41) is 11.8. The van der Waals surface area contributed by atoms with Gasteiger partial charge in [0.25, 0.3) is 0 Å². The van der Waals surface area contributed by atoms with Gasteiger partial charge in [-0.25, -0.2) is 4.68 Å². The average Bonchev–Trinajstić information content (AvgIpc) is 2.89. The lowest BCUT2D eigenvalue weighted by molar-refractivity contribution is 0.589. The van der Waals surface area contributed by atoms with Crippen molar-refractivity contribution in [1.82, 2.24) is 20.3 Å². The van der Waals surface area contributed by atoms with Gasteiger partial charge in [-0.05, 0) is 29.8 Å². The van der Waals surface area contributed by atoms with E-state index in [1.54, 1.807) is 0 Å². The summed E-state index contributed by atoms with van der Waals surface area (Å²) in [5.74, 6) is 0. The molecule has 0 saturated carbocycles. The molecule has 3 aromatic rings. The molecular formula is C16H18N4. The van der Waals surface area contributed by atoms with Crippen molar-refractivity contribution < 1.29 is 0 Å². The van der Waals surface area contributed by atoms with Crippen LogP contribution in [-0.4, -0.2) is 21.0 Å². The minimum Gasteiger partial charge on any atom is -0.310 e. The molecule has 20 heavy (non-hydrogen) atoms. The first-order valence-electron chi connectivity index (χ1n) is 6.87. The van der Waals surface area contributed by atoms with E-state index in [4.69, 9.17) is 0 Å². The van der Waals surface area contributed by atoms with Crippen molar-refractivity contribution in [3.63, 3.8) is 0 Å². The molecule has 102 valence electrons. The molecule has 0 amide bonds. The van der Waals surface area contributed by atoms with E-state index in [2.05, 4.69) is 53.7 Å². The number of fused-ring (bicyclic) bond motifs is 1. The maximum absolute atomic E-state index is 4.22. The van der Waals surface area contributed by atoms with Crippen LogP contribution in [0, 0.1) is 0 Å². The maximum atomic E-state index is 4.22. The van der Waals surface area contributed by atoms with Crippen molar-refractivity contribution in [1.29, 1.82) is 0 Å². The molecule has 4 heteroatoms. The van der Waals surface area contributed by atoms with Gasteiger partial charge in [-0.2, -0.15) is 0 Å². The highest BCUT2D eigenvalue weighted by atomic mass is 15.4. The number of nitrogens with one attached hydrogen (secondary N) is 1. The van der Waals surface area contributed by atoms with Crippen LogP contribution in [0.5, 0.6) is 0 Å². The minimum absolute atomic E-state index is 0.494. The Labute approximate surface area is 118 Å². The predicted molar refractivity (Wildman–Crippen MR) is 80.8 cm³/mol. The van der Waals surface area contributed by atoms with Crippen LogP contribution in [0.2, 0.25) is 0 Å². The zero-order chi connectivity index (χ0) is 13.9. The molecule has 0 bridgehead atoms. The van der Waals surface area contributed by atoms with Crippen molar-refractivity contribution in [2.75, 3.05) is 0 Å². The fourth-order valence-corrected chi connectivity index (χ4v) is 2.14. The third-order valence-corrected chi connectivity index (χ3v) is 3.25. The summed E-state index contributed by atoms with van der Waals surface area (Å²) >= 11 is 0. The van der Waals surface area contributed by atoms with Gasteiger partial charge >= 0.3 is 0 Å². The molecule has 0 atom stereocenters. The standard InChI is InChI=1S/C16H18N4/c1-12(2)17-11-13-7-9-14(10-8-13)20-16-6-4-3-5-15(16)18-19-20/h3-10,12,17H,11H2,1-2H3. The van der Waals surface area contributed by atoms with E-state index >= 15 is 0 Å². The lowest BCUT2D eigenvalue weighted by Crippen LogP contribution is -2.21. The van der Waals surface area contributed by atoms with Gasteiger partial charge in [-0.1, -0.05) is 43.3 Å². The molecule has 0 saturated heterocycles. The Kier molecular flexibility index (Phi) is 3.48. The van der Waals surface area contributed by atoms with Gasteiger partial charge in [0.1, 0.15) is 5.52 Å². The molecular weight excluding hydrogens is 248 g/mol. The SMILES string of the molecule is CC(C)NCc1ccc(-n2nnc3ccccc32)cc1. The molecule has 3 rings (SSSR count). The summed E-state index contributed by atoms with van der Waals surface area (Å²) in [7, 11) is 0. The smallest absolute Gasteiger partial charge is 0.113 e. The number of aromatic nitrogens is 3. The molecule has 2 aromatic carbocycles. The van der Waals surface area contributed by atoms with Gasteiger partial charge in [-0.3, -0.25) is 0 Å². The van der Waals surface area contributed by atoms with E-state index in [1.165, 1.54) is 5.56 Å². The molecule has 1 heterocycles. The summed E-state index contributed by atoms with van der Waals surface area (Å²) in [6.07, 6.45) is 0. The van der Waals surface area contributed by atoms with Gasteiger partial charge < -0.3 is 5.32 Å². The first-order valence-corrected chi connectivity index (χ1v) is 6.87. The van der Waals surface area contributed by atoms with Crippen LogP contribution in [0.25, 0.3) is 16.7 Å². The molecule has 0 aliphatic carbocycles. The van der Waals surface area contributed by atoms with Gasteiger partial charge in [-0.15, -0.1) is 5.10 Å². The molecule has 0 fully saturated rings. The predicted octanol–water partition coefficient (Wildman–Crippen LogP) is 2.92. The first kappa shape index (κ1) is 12.8. The van der Waals surface area contributed by atoms with E-state index in [0.717, 1.165) is 23.3 Å². The molecule has 0 spiro atoms. The lowest BCUT2D eigenvalue weighted by atomic mass is 10.2. The molecule has 1 N–H and O–H groups in total. The van der Waals surface area contributed by atoms with Crippen LogP contribution in [0.4, 0.5) is 0 Å². The van der Waals surface area contributed by atoms with Gasteiger partial charge in [0.2, 0.25) is 0 Å². The number of nitrogens with zero attached hydrogens (tertiary/aromatic N) is 3. The summed E-state index contributed by atoms with van der Waals surface area (Å²) in [6, 6.07) is 16.9. The number of para-hydroxylation sites is 1. The van der Waals surface area contributed by atoms with Gasteiger partial charge in [0, 0.05) is 12.6 Å². The topological polar surface area (TPSA) is 42.7 Å². The minimum atomic E-state index is 0.494. The molecule has 4 nitrogen and oxygen atoms in total. The summed E-state index contributed by atoms with van der Waals surface area (Å²) in [5.41, 5.74) is 4.25. The molecule has 0 aliphatic rings. The van der Waals surface area contributed by atoms with Crippen LogP contribution >= 0.6 is 0 Å². The monoisotopic (exact) mass is 266 g/mol. The number of benzene rings is 2. The Hall–Kier alpha value is -2.20. The number of hydrogen-bond donors (Lipinski definition) is 1. The fraction of sp³-hybridized carbons (Fsp3) is 0.250. The lowest BCUT2D eigenvalue weighted by Gasteiger charge is -2.09. The zero-order valence-corrected chi connectivity index (χ0v) is 11.7. The van der Waals surface area contributed by atoms with Crippen molar-refractivity contribution in [3.05, 3.63) is 54.1 Å². The largest absolute Gasteiger partial charge is 0.310 e. The Morgan fingerprint density at radius 3 is 2.55 bits per heavy atom. The molecule has 0 radical (unpaired) electrons. The van der Waals surface area contributed by atoms with Crippen LogP contribution in [-0.2, 0) is 6.54 Å². The first-order chi connectivity index (χ1) is 9.74. The maximum Gasteiger partial charge on any atom is 0.113 e. The third kappa shape index (κ3) is 2.56. The van der Waals surface area contributed by atoms with Crippen molar-refractivity contribution in [2.24, 2.45) is 0 Å². The van der Waals surface area contributed by atoms with E-state index in [9.17, 15) is 0 Å². The van der Waals surface area contributed by atoms with Crippen LogP contribution in [0.1, 0.15) is 19.4 Å². The zero-order valence-electron chi connectivity index (χ0n) is 11.7. The Morgan fingerprint density at radius 1 is 1.05 bits per heavy atom. The Bertz CT molecular complexity index is 698. The second kappa shape index (κ2) is 5.43. The summed E-state index contributed by atoms with van der Waals surface area (Å²) in [4.78, 5) is 0. The quantitative estimate of drug-likeness (QED) is 0.789. The van der Waals surface area contributed by atoms with Crippen LogP contribution < -0.4 is 5.32 Å². The highest BCUT2D eigenvalue weighted by Crippen LogP contribution is 2.16. The van der Waals surface area contributed by atoms with E-state index < -0.39 is 0 Å². The van der Waals surface area contributed by atoms with Gasteiger partial charge in [0.05, 0.1) is 11.2 Å². The van der Waals surface area contributed by atoms with Crippen molar-refractivity contribution in [2.45, 2.75) is 26.4 Å². The highest BCUT2D eigenvalue weighted by molar-refractivity contribution is 5.75. The molecule has 0 unspecified atom stereocenters. The normalized spacial score (nSPS) is 11.3. The second-order valence-corrected chi connectivity index (χ2v) is 5.19. The Morgan fingerprint density at radius 2 is 1.80 bits per heavy atom. The van der Waals surface area contributed by atoms with Gasteiger partial charge in [0.15, 0.2) is 0 Å². The second-order valence-electron chi connectivity index (χ2n) is 5.19. The van der Waals surface area contributed by atoms with Crippen LogP contribution in [0.15, 0.2) is 48.5 Å². The average molecular weight is 266 g/mol. The van der Waals surface area contributed by atoms with Crippen molar-refractivity contribution >= 4 is 11.0 Å². The molecule has 1 aromatic heterocycles. The number of rotatable bonds is 4. The third-order valence-electron chi connectivity index (χ3n) is 3.25. The number of hydrogen-bond acceptors (Lipinski definition) is 3. The van der Waals surface area contributed by atoms with Crippen LogP contribution in [0.3, 0.4) is 0 Å².